The van der Waals surface area contributed by atoms with Gasteiger partial charge in [0, 0.05) is 37.9 Å². The molecule has 1 aliphatic carbocycles. The lowest BCUT2D eigenvalue weighted by Gasteiger charge is -2.20. The third-order valence-corrected chi connectivity index (χ3v) is 5.76. The fourth-order valence-corrected chi connectivity index (χ4v) is 4.42. The number of alkyl halides is 1. The van der Waals surface area contributed by atoms with Crippen LogP contribution in [-0.4, -0.2) is 47.8 Å². The van der Waals surface area contributed by atoms with Gasteiger partial charge in [0.25, 0.3) is 0 Å². The van der Waals surface area contributed by atoms with Crippen LogP contribution < -0.4 is 4.74 Å². The number of allylic oxidation sites excluding steroid dienone is 1. The maximum Gasteiger partial charge on any atom is 0.235 e. The summed E-state index contributed by atoms with van der Waals surface area (Å²) >= 11 is 0. The molecule has 27 heavy (non-hydrogen) atoms. The van der Waals surface area contributed by atoms with E-state index < -0.39 is 6.17 Å². The Kier molecular flexibility index (Phi) is 5.21. The average molecular weight is 367 g/mol. The second-order valence-corrected chi connectivity index (χ2v) is 7.46. The van der Waals surface area contributed by atoms with E-state index in [1.807, 2.05) is 0 Å². The smallest absolute Gasteiger partial charge is 0.235 e. The predicted octanol–water partition coefficient (Wildman–Crippen LogP) is 4.03. The van der Waals surface area contributed by atoms with Crippen molar-refractivity contribution in [1.29, 1.82) is 0 Å². The molecule has 2 unspecified atom stereocenters. The van der Waals surface area contributed by atoms with Gasteiger partial charge in [-0.2, -0.15) is 0 Å². The monoisotopic (exact) mass is 367 g/mol. The number of halogens is 1. The topological polar surface area (TPSA) is 38.3 Å². The normalized spacial score (nSPS) is 20.8. The van der Waals surface area contributed by atoms with Gasteiger partial charge in [-0.1, -0.05) is 36.8 Å². The zero-order valence-corrected chi connectivity index (χ0v) is 16.0. The van der Waals surface area contributed by atoms with E-state index in [0.717, 1.165) is 31.6 Å². The van der Waals surface area contributed by atoms with Crippen LogP contribution >= 0.6 is 0 Å². The molecule has 1 aromatic heterocycles. The number of fused-ring (bicyclic) bond motifs is 1. The fraction of sp³-hybridized carbons (Fsp3) is 0.455. The van der Waals surface area contributed by atoms with Crippen molar-refractivity contribution in [3.63, 3.8) is 0 Å². The van der Waals surface area contributed by atoms with Gasteiger partial charge in [0.05, 0.1) is 7.11 Å². The third kappa shape index (κ3) is 3.61. The number of hydrogen-bond donors (Lipinski definition) is 0. The molecule has 0 spiro atoms. The zero-order chi connectivity index (χ0) is 18.8. The summed E-state index contributed by atoms with van der Waals surface area (Å²) in [6.45, 7) is 4.53. The maximum atomic E-state index is 13.5. The highest BCUT2D eigenvalue weighted by Crippen LogP contribution is 2.44. The van der Waals surface area contributed by atoms with Crippen LogP contribution in [0.1, 0.15) is 42.5 Å². The molecule has 1 fully saturated rings. The Hall–Kier alpha value is -2.27. The van der Waals surface area contributed by atoms with Gasteiger partial charge in [0.2, 0.25) is 5.88 Å². The van der Waals surface area contributed by atoms with Crippen molar-refractivity contribution in [3.05, 3.63) is 59.1 Å². The Morgan fingerprint density at radius 2 is 2.07 bits per heavy atom. The molecule has 0 saturated carbocycles. The van der Waals surface area contributed by atoms with Gasteiger partial charge in [-0.15, -0.1) is 0 Å². The van der Waals surface area contributed by atoms with E-state index in [1.54, 1.807) is 19.5 Å². The summed E-state index contributed by atoms with van der Waals surface area (Å²) in [5.41, 5.74) is 6.30. The van der Waals surface area contributed by atoms with E-state index in [4.69, 9.17) is 4.74 Å². The Labute approximate surface area is 160 Å². The van der Waals surface area contributed by atoms with Gasteiger partial charge >= 0.3 is 0 Å². The summed E-state index contributed by atoms with van der Waals surface area (Å²) in [5, 5.41) is 0. The highest BCUT2D eigenvalue weighted by Gasteiger charge is 2.29. The zero-order valence-electron chi connectivity index (χ0n) is 16.0. The quantitative estimate of drug-likeness (QED) is 0.773. The largest absolute Gasteiger partial charge is 0.480 e. The Balaban J connectivity index is 1.65. The molecule has 0 radical (unpaired) electrons. The Bertz CT molecular complexity index is 851. The van der Waals surface area contributed by atoms with Crippen LogP contribution in [0.5, 0.6) is 5.88 Å². The molecule has 5 heteroatoms. The molecule has 2 atom stereocenters. The SMILES string of the molecule is COc1nccnc1C(C)C1=C(CCN2CCC(F)C2)Cc2ccccc21. The molecular formula is C22H26FN3O. The van der Waals surface area contributed by atoms with E-state index in [0.29, 0.717) is 18.8 Å². The van der Waals surface area contributed by atoms with Gasteiger partial charge in [-0.05, 0) is 36.0 Å². The first-order chi connectivity index (χ1) is 13.2. The molecule has 0 amide bonds. The molecule has 4 rings (SSSR count). The number of methoxy groups -OCH3 is 1. The second-order valence-electron chi connectivity index (χ2n) is 7.46. The van der Waals surface area contributed by atoms with Crippen LogP contribution in [0.15, 0.2) is 42.2 Å². The van der Waals surface area contributed by atoms with Crippen molar-refractivity contribution in [2.45, 2.75) is 38.3 Å². The third-order valence-electron chi connectivity index (χ3n) is 5.76. The minimum absolute atomic E-state index is 0.0970. The minimum atomic E-state index is -0.665. The van der Waals surface area contributed by atoms with Gasteiger partial charge in [-0.25, -0.2) is 9.37 Å². The lowest BCUT2D eigenvalue weighted by atomic mass is 9.90. The molecule has 2 aromatic rings. The number of nitrogens with zero attached hydrogens (tertiary/aromatic N) is 3. The molecule has 0 N–H and O–H groups in total. The van der Waals surface area contributed by atoms with Crippen LogP contribution in [-0.2, 0) is 6.42 Å². The molecule has 4 nitrogen and oxygen atoms in total. The standard InChI is InChI=1S/C22H26FN3O/c1-15(21-22(27-2)25-10-9-24-21)20-17(7-11-26-12-8-18(23)14-26)13-16-5-3-4-6-19(16)20/h3-6,9-10,15,18H,7-8,11-14H2,1-2H3. The number of likely N-dealkylation sites (tertiary alicyclic amines) is 1. The predicted molar refractivity (Wildman–Crippen MR) is 105 cm³/mol. The first-order valence-corrected chi connectivity index (χ1v) is 9.69. The lowest BCUT2D eigenvalue weighted by molar-refractivity contribution is 0.290. The van der Waals surface area contributed by atoms with Crippen molar-refractivity contribution in [2.24, 2.45) is 0 Å². The number of rotatable bonds is 6. The lowest BCUT2D eigenvalue weighted by Crippen LogP contribution is -2.22. The number of aromatic nitrogens is 2. The van der Waals surface area contributed by atoms with Gasteiger partial charge in [0.1, 0.15) is 11.9 Å². The Morgan fingerprint density at radius 3 is 2.85 bits per heavy atom. The highest BCUT2D eigenvalue weighted by molar-refractivity contribution is 5.80. The first kappa shape index (κ1) is 18.1. The van der Waals surface area contributed by atoms with Crippen LogP contribution in [0, 0.1) is 0 Å². The van der Waals surface area contributed by atoms with Gasteiger partial charge in [-0.3, -0.25) is 4.98 Å². The summed E-state index contributed by atoms with van der Waals surface area (Å²) in [6, 6.07) is 8.60. The van der Waals surface area contributed by atoms with E-state index in [9.17, 15) is 4.39 Å². The van der Waals surface area contributed by atoms with Crippen LogP contribution in [0.2, 0.25) is 0 Å². The van der Waals surface area contributed by atoms with Crippen LogP contribution in [0.4, 0.5) is 4.39 Å². The summed E-state index contributed by atoms with van der Waals surface area (Å²) in [7, 11) is 1.64. The highest BCUT2D eigenvalue weighted by atomic mass is 19.1. The average Bonchev–Trinajstić information content (AvgIpc) is 3.28. The second kappa shape index (κ2) is 7.77. The number of benzene rings is 1. The molecular weight excluding hydrogens is 341 g/mol. The van der Waals surface area contributed by atoms with Crippen molar-refractivity contribution < 1.29 is 9.13 Å². The molecule has 1 saturated heterocycles. The molecule has 142 valence electrons. The molecule has 1 aliphatic heterocycles. The summed E-state index contributed by atoms with van der Waals surface area (Å²) in [5.74, 6) is 0.681. The molecule has 0 bridgehead atoms. The first-order valence-electron chi connectivity index (χ1n) is 9.69. The summed E-state index contributed by atoms with van der Waals surface area (Å²) < 4.78 is 19.0. The van der Waals surface area contributed by atoms with Gasteiger partial charge in [0.15, 0.2) is 0 Å². The van der Waals surface area contributed by atoms with Crippen LogP contribution in [0.25, 0.3) is 5.57 Å². The van der Waals surface area contributed by atoms with Crippen molar-refractivity contribution >= 4 is 5.57 Å². The molecule has 2 heterocycles. The van der Waals surface area contributed by atoms with E-state index >= 15 is 0 Å². The van der Waals surface area contributed by atoms with Crippen molar-refractivity contribution in [1.82, 2.24) is 14.9 Å². The fourth-order valence-electron chi connectivity index (χ4n) is 4.42. The summed E-state index contributed by atoms with van der Waals surface area (Å²) in [6.07, 6.45) is 5.31. The number of ether oxygens (including phenoxy) is 1. The maximum absolute atomic E-state index is 13.5. The summed E-state index contributed by atoms with van der Waals surface area (Å²) in [4.78, 5) is 11.1. The molecule has 2 aliphatic rings. The molecule has 1 aromatic carbocycles. The van der Waals surface area contributed by atoms with E-state index in [1.165, 1.54) is 22.3 Å². The van der Waals surface area contributed by atoms with E-state index in [2.05, 4.69) is 46.1 Å². The van der Waals surface area contributed by atoms with Crippen molar-refractivity contribution in [2.75, 3.05) is 26.7 Å². The minimum Gasteiger partial charge on any atom is -0.480 e. The number of hydrogen-bond acceptors (Lipinski definition) is 4. The van der Waals surface area contributed by atoms with Gasteiger partial charge < -0.3 is 9.64 Å². The van der Waals surface area contributed by atoms with Crippen molar-refractivity contribution in [3.8, 4) is 5.88 Å². The Morgan fingerprint density at radius 1 is 1.26 bits per heavy atom. The van der Waals surface area contributed by atoms with Crippen LogP contribution in [0.3, 0.4) is 0 Å². The van der Waals surface area contributed by atoms with E-state index in [-0.39, 0.29) is 5.92 Å².